The number of pyridine rings is 2. The van der Waals surface area contributed by atoms with Crippen LogP contribution in [0.1, 0.15) is 9.68 Å². The normalized spacial score (nSPS) is 12.8. The van der Waals surface area contributed by atoms with Crippen LogP contribution in [0.4, 0.5) is 0 Å². The number of para-hydroxylation sites is 6. The lowest BCUT2D eigenvalue weighted by molar-refractivity contribution is 0.484. The van der Waals surface area contributed by atoms with E-state index in [2.05, 4.69) is 182 Å². The lowest BCUT2D eigenvalue weighted by atomic mass is 9.98. The molecule has 72 heavy (non-hydrogen) atoms. The van der Waals surface area contributed by atoms with Gasteiger partial charge in [-0.3, -0.25) is 9.13 Å². The van der Waals surface area contributed by atoms with Gasteiger partial charge in [-0.2, -0.15) is 0 Å². The Bertz CT molecular complexity index is 4570. The van der Waals surface area contributed by atoms with Crippen molar-refractivity contribution in [2.75, 3.05) is 0 Å². The number of aryl methyl sites for hydroxylation is 1. The van der Waals surface area contributed by atoms with E-state index in [-0.39, 0.29) is 5.56 Å². The molecule has 0 unspecified atom stereocenters. The first-order valence-electron chi connectivity index (χ1n) is 25.6. The van der Waals surface area contributed by atoms with Gasteiger partial charge >= 0.3 is 0 Å². The zero-order valence-electron chi connectivity index (χ0n) is 41.6. The summed E-state index contributed by atoms with van der Waals surface area (Å²) in [5, 5.41) is 8.63. The van der Waals surface area contributed by atoms with Crippen LogP contribution in [0.5, 0.6) is 11.5 Å². The summed E-state index contributed by atoms with van der Waals surface area (Å²) in [6.45, 7) is -2.57. The van der Waals surface area contributed by atoms with Crippen LogP contribution in [0.15, 0.2) is 237 Å². The highest BCUT2D eigenvalue weighted by Gasteiger charge is 2.24. The Morgan fingerprint density at radius 2 is 0.750 bits per heavy atom. The number of rotatable bonds is 7. The SMILES string of the molecule is [2H]C([2H])([2H])c1cc(-n2c3ccccc3c3ccc(Oc4ccc5c6ccccc6n(-c6ccccn6)c5c4)cc32)ncc1-c1c(-n2c3ccccc3c3ccccc32)cccc1-n1c2ccccc2c2ccccc21. The van der Waals surface area contributed by atoms with Crippen molar-refractivity contribution < 1.29 is 8.85 Å². The second-order valence-corrected chi connectivity index (χ2v) is 18.4. The summed E-state index contributed by atoms with van der Waals surface area (Å²) >= 11 is 0. The zero-order valence-corrected chi connectivity index (χ0v) is 38.6. The van der Waals surface area contributed by atoms with Crippen LogP contribution in [-0.4, -0.2) is 28.2 Å². The minimum atomic E-state index is -2.57. The van der Waals surface area contributed by atoms with E-state index in [4.69, 9.17) is 14.7 Å². The summed E-state index contributed by atoms with van der Waals surface area (Å²) in [6.07, 6.45) is 3.59. The van der Waals surface area contributed by atoms with E-state index in [1.807, 2.05) is 60.8 Å². The molecule has 0 aliphatic rings. The van der Waals surface area contributed by atoms with E-state index < -0.39 is 6.85 Å². The molecule has 6 heterocycles. The van der Waals surface area contributed by atoms with Crippen LogP contribution >= 0.6 is 0 Å². The summed E-state index contributed by atoms with van der Waals surface area (Å²) < 4.78 is 43.8. The summed E-state index contributed by atoms with van der Waals surface area (Å²) in [4.78, 5) is 10.0. The predicted octanol–water partition coefficient (Wildman–Crippen LogP) is 16.6. The van der Waals surface area contributed by atoms with E-state index >= 15 is 0 Å². The van der Waals surface area contributed by atoms with Crippen molar-refractivity contribution in [3.8, 4) is 45.6 Å². The lowest BCUT2D eigenvalue weighted by Crippen LogP contribution is -2.05. The lowest BCUT2D eigenvalue weighted by Gasteiger charge is -2.21. The number of ether oxygens (including phenoxy) is 1. The molecule has 0 radical (unpaired) electrons. The Morgan fingerprint density at radius 3 is 1.18 bits per heavy atom. The molecule has 0 aliphatic carbocycles. The highest BCUT2D eigenvalue weighted by atomic mass is 16.5. The van der Waals surface area contributed by atoms with Crippen LogP contribution in [0.25, 0.3) is 121 Å². The molecule has 0 bridgehead atoms. The van der Waals surface area contributed by atoms with Crippen molar-refractivity contribution in [2.45, 2.75) is 6.85 Å². The van der Waals surface area contributed by atoms with E-state index in [1.165, 1.54) is 0 Å². The monoisotopic (exact) mass is 925 g/mol. The number of hydrogen-bond donors (Lipinski definition) is 0. The van der Waals surface area contributed by atoms with E-state index in [0.29, 0.717) is 22.9 Å². The smallest absolute Gasteiger partial charge is 0.137 e. The van der Waals surface area contributed by atoms with Gasteiger partial charge in [-0.15, -0.1) is 0 Å². The van der Waals surface area contributed by atoms with Crippen LogP contribution in [0.3, 0.4) is 0 Å². The molecule has 0 amide bonds. The van der Waals surface area contributed by atoms with Crippen molar-refractivity contribution in [3.05, 3.63) is 242 Å². The molecule has 0 saturated heterocycles. The number of hydrogen-bond acceptors (Lipinski definition) is 3. The maximum atomic E-state index is 9.40. The first-order valence-corrected chi connectivity index (χ1v) is 24.1. The third-order valence-corrected chi connectivity index (χ3v) is 14.5. The van der Waals surface area contributed by atoms with Crippen molar-refractivity contribution in [2.24, 2.45) is 0 Å². The molecule has 338 valence electrons. The maximum absolute atomic E-state index is 9.40. The average molecular weight is 926 g/mol. The molecule has 15 rings (SSSR count). The Kier molecular flexibility index (Phi) is 8.09. The van der Waals surface area contributed by atoms with Gasteiger partial charge in [0, 0.05) is 82.9 Å². The molecule has 7 heteroatoms. The van der Waals surface area contributed by atoms with Crippen molar-refractivity contribution in [1.29, 1.82) is 0 Å². The van der Waals surface area contributed by atoms with Crippen LogP contribution < -0.4 is 4.74 Å². The largest absolute Gasteiger partial charge is 0.457 e. The molecule has 7 nitrogen and oxygen atoms in total. The van der Waals surface area contributed by atoms with Gasteiger partial charge in [0.1, 0.15) is 23.1 Å². The van der Waals surface area contributed by atoms with Crippen LogP contribution in [0.2, 0.25) is 0 Å². The third kappa shape index (κ3) is 5.91. The first-order chi connectivity index (χ1) is 36.9. The molecular weight excluding hydrogens is 881 g/mol. The molecule has 0 atom stereocenters. The molecule has 0 N–H and O–H groups in total. The standard InChI is InChI=1S/C65H42N6O/c1-41-37-64(71-58-28-13-7-22-49(58)51-35-33-43(39-62(51)71)72-42-32-34-50-48-21-6-12-27-57(48)70(61(50)38-42)63-31-14-15-36-66-63)67-40-52(41)65-59(68-53-23-8-2-17-44(53)45-18-3-9-24-54(45)68)29-16-30-60(65)69-55-25-10-4-19-46(55)47-20-5-11-26-56(47)69/h2-40H,1H3/i1D3. The van der Waals surface area contributed by atoms with Crippen molar-refractivity contribution in [1.82, 2.24) is 28.2 Å². The van der Waals surface area contributed by atoms with Crippen molar-refractivity contribution >= 4 is 87.2 Å². The first kappa shape index (κ1) is 37.2. The molecule has 9 aromatic carbocycles. The van der Waals surface area contributed by atoms with Gasteiger partial charge in [-0.05, 0) is 103 Å². The Morgan fingerprint density at radius 1 is 0.347 bits per heavy atom. The molecule has 0 aliphatic heterocycles. The molecule has 0 saturated carbocycles. The molecular formula is C65H42N6O. The second kappa shape index (κ2) is 15.7. The van der Waals surface area contributed by atoms with Gasteiger partial charge in [0.2, 0.25) is 0 Å². The summed E-state index contributed by atoms with van der Waals surface area (Å²) in [5.41, 5.74) is 10.9. The molecule has 6 aromatic heterocycles. The molecule has 0 fully saturated rings. The van der Waals surface area contributed by atoms with Crippen LogP contribution in [0, 0.1) is 6.85 Å². The highest BCUT2D eigenvalue weighted by Crippen LogP contribution is 2.44. The second-order valence-electron chi connectivity index (χ2n) is 18.4. The van der Waals surface area contributed by atoms with Gasteiger partial charge < -0.3 is 13.9 Å². The Labute approximate surface area is 417 Å². The Balaban J connectivity index is 0.949. The van der Waals surface area contributed by atoms with E-state index in [9.17, 15) is 4.11 Å². The number of nitrogens with zero attached hydrogens (tertiary/aromatic N) is 6. The van der Waals surface area contributed by atoms with Gasteiger partial charge in [-0.1, -0.05) is 121 Å². The topological polar surface area (TPSA) is 54.7 Å². The Hall–Kier alpha value is -9.72. The van der Waals surface area contributed by atoms with Crippen LogP contribution in [-0.2, 0) is 0 Å². The van der Waals surface area contributed by atoms with Crippen molar-refractivity contribution in [3.63, 3.8) is 0 Å². The maximum Gasteiger partial charge on any atom is 0.137 e. The number of benzene rings is 9. The third-order valence-electron chi connectivity index (χ3n) is 14.5. The number of aromatic nitrogens is 6. The zero-order chi connectivity index (χ0) is 49.9. The van der Waals surface area contributed by atoms with Gasteiger partial charge in [0.15, 0.2) is 0 Å². The predicted molar refractivity (Wildman–Crippen MR) is 296 cm³/mol. The van der Waals surface area contributed by atoms with Gasteiger partial charge in [0.25, 0.3) is 0 Å². The quantitative estimate of drug-likeness (QED) is 0.160. The fraction of sp³-hybridized carbons (Fsp3) is 0.0154. The molecule has 0 spiro atoms. The fourth-order valence-electron chi connectivity index (χ4n) is 11.5. The highest BCUT2D eigenvalue weighted by molar-refractivity contribution is 6.13. The number of fused-ring (bicyclic) bond motifs is 12. The summed E-state index contributed by atoms with van der Waals surface area (Å²) in [5.74, 6) is 2.58. The van der Waals surface area contributed by atoms with Gasteiger partial charge in [0.05, 0.1) is 55.5 Å². The van der Waals surface area contributed by atoms with Gasteiger partial charge in [-0.25, -0.2) is 9.97 Å². The summed E-state index contributed by atoms with van der Waals surface area (Å²) in [7, 11) is 0. The molecule has 15 aromatic rings. The summed E-state index contributed by atoms with van der Waals surface area (Å²) in [6, 6.07) is 76.5. The fourth-order valence-corrected chi connectivity index (χ4v) is 11.5. The average Bonchev–Trinajstić information content (AvgIpc) is 4.22. The van der Waals surface area contributed by atoms with E-state index in [1.54, 1.807) is 12.3 Å². The van der Waals surface area contributed by atoms with E-state index in [0.717, 1.165) is 110 Å². The minimum absolute atomic E-state index is 0.178. The minimum Gasteiger partial charge on any atom is -0.457 e.